The predicted octanol–water partition coefficient (Wildman–Crippen LogP) is 1.91. The summed E-state index contributed by atoms with van der Waals surface area (Å²) in [5, 5.41) is 8.75. The summed E-state index contributed by atoms with van der Waals surface area (Å²) in [6.45, 7) is 2.16. The lowest BCUT2D eigenvalue weighted by Crippen LogP contribution is -2.52. The number of rotatable bonds is 0. The average molecular weight is 163 g/mol. The van der Waals surface area contributed by atoms with Crippen molar-refractivity contribution in [2.45, 2.75) is 32.6 Å². The molecule has 0 radical (unpaired) electrons. The standard InChI is InChI=1S/C10H13NO/c1-10-4-2-3-8(12)9(10)7(5-10)6-11/h7,9H,2-5H2,1H3/t7-,9+,10+/m1/s1. The van der Waals surface area contributed by atoms with Crippen molar-refractivity contribution in [3.63, 3.8) is 0 Å². The molecule has 2 aliphatic rings. The molecule has 2 saturated carbocycles. The van der Waals surface area contributed by atoms with E-state index in [1.54, 1.807) is 0 Å². The van der Waals surface area contributed by atoms with Crippen LogP contribution in [0.1, 0.15) is 32.6 Å². The molecule has 2 aliphatic carbocycles. The molecule has 0 unspecified atom stereocenters. The predicted molar refractivity (Wildman–Crippen MR) is 44.2 cm³/mol. The number of ketones is 1. The van der Waals surface area contributed by atoms with Crippen molar-refractivity contribution >= 4 is 5.78 Å². The largest absolute Gasteiger partial charge is 0.299 e. The van der Waals surface area contributed by atoms with Crippen LogP contribution in [-0.2, 0) is 4.79 Å². The Morgan fingerprint density at radius 1 is 1.67 bits per heavy atom. The lowest BCUT2D eigenvalue weighted by Gasteiger charge is -2.52. The minimum atomic E-state index is 0.0304. The summed E-state index contributed by atoms with van der Waals surface area (Å²) in [7, 11) is 0. The molecule has 0 saturated heterocycles. The van der Waals surface area contributed by atoms with Crippen molar-refractivity contribution in [3.8, 4) is 6.07 Å². The Kier molecular flexibility index (Phi) is 1.51. The number of hydrogen-bond donors (Lipinski definition) is 0. The molecular formula is C10H13NO. The molecular weight excluding hydrogens is 150 g/mol. The first-order chi connectivity index (χ1) is 5.67. The van der Waals surface area contributed by atoms with Gasteiger partial charge in [-0.2, -0.15) is 5.26 Å². The van der Waals surface area contributed by atoms with E-state index in [2.05, 4.69) is 13.0 Å². The zero-order valence-corrected chi connectivity index (χ0v) is 7.34. The van der Waals surface area contributed by atoms with E-state index in [9.17, 15) is 4.79 Å². The third-order valence-corrected chi connectivity index (χ3v) is 3.52. The van der Waals surface area contributed by atoms with Gasteiger partial charge in [-0.3, -0.25) is 4.79 Å². The number of carbonyl (C=O) groups excluding carboxylic acids is 1. The van der Waals surface area contributed by atoms with E-state index >= 15 is 0 Å². The van der Waals surface area contributed by atoms with E-state index in [4.69, 9.17) is 5.26 Å². The summed E-state index contributed by atoms with van der Waals surface area (Å²) >= 11 is 0. The molecule has 2 rings (SSSR count). The minimum Gasteiger partial charge on any atom is -0.299 e. The van der Waals surface area contributed by atoms with Gasteiger partial charge in [0.05, 0.1) is 12.0 Å². The smallest absolute Gasteiger partial charge is 0.137 e. The summed E-state index contributed by atoms with van der Waals surface area (Å²) in [6.07, 6.45) is 3.82. The molecule has 64 valence electrons. The van der Waals surface area contributed by atoms with Gasteiger partial charge in [0.15, 0.2) is 0 Å². The van der Waals surface area contributed by atoms with Crippen LogP contribution in [0.4, 0.5) is 0 Å². The number of fused-ring (bicyclic) bond motifs is 1. The van der Waals surface area contributed by atoms with E-state index in [-0.39, 0.29) is 17.3 Å². The quantitative estimate of drug-likeness (QED) is 0.547. The number of nitrogens with zero attached hydrogens (tertiary/aromatic N) is 1. The van der Waals surface area contributed by atoms with Crippen molar-refractivity contribution in [1.29, 1.82) is 5.26 Å². The molecule has 0 heterocycles. The lowest BCUT2D eigenvalue weighted by molar-refractivity contribution is -0.142. The number of nitriles is 1. The Balaban J connectivity index is 2.20. The average Bonchev–Trinajstić information content (AvgIpc) is 1.98. The van der Waals surface area contributed by atoms with Crippen LogP contribution >= 0.6 is 0 Å². The fraction of sp³-hybridized carbons (Fsp3) is 0.800. The van der Waals surface area contributed by atoms with Gasteiger partial charge in [-0.1, -0.05) is 6.92 Å². The molecule has 0 spiro atoms. The monoisotopic (exact) mass is 163 g/mol. The van der Waals surface area contributed by atoms with Crippen molar-refractivity contribution in [2.24, 2.45) is 17.3 Å². The summed E-state index contributed by atoms with van der Waals surface area (Å²) < 4.78 is 0. The molecule has 12 heavy (non-hydrogen) atoms. The number of hydrogen-bond acceptors (Lipinski definition) is 2. The maximum Gasteiger partial charge on any atom is 0.137 e. The summed E-state index contributed by atoms with van der Waals surface area (Å²) in [5.41, 5.74) is 0.190. The molecule has 3 atom stereocenters. The normalized spacial score (nSPS) is 45.8. The summed E-state index contributed by atoms with van der Waals surface area (Å²) in [6, 6.07) is 2.24. The minimum absolute atomic E-state index is 0.0304. The Bertz CT molecular complexity index is 266. The Labute approximate surface area is 72.6 Å². The van der Waals surface area contributed by atoms with Crippen LogP contribution in [0.15, 0.2) is 0 Å². The van der Waals surface area contributed by atoms with Crippen LogP contribution in [0.3, 0.4) is 0 Å². The van der Waals surface area contributed by atoms with Gasteiger partial charge in [0.25, 0.3) is 0 Å². The lowest BCUT2D eigenvalue weighted by atomic mass is 9.49. The highest BCUT2D eigenvalue weighted by atomic mass is 16.1. The van der Waals surface area contributed by atoms with Gasteiger partial charge in [0.2, 0.25) is 0 Å². The van der Waals surface area contributed by atoms with Crippen LogP contribution in [0.25, 0.3) is 0 Å². The molecule has 0 aromatic carbocycles. The first-order valence-electron chi connectivity index (χ1n) is 4.60. The summed E-state index contributed by atoms with van der Waals surface area (Å²) in [5.74, 6) is 0.445. The van der Waals surface area contributed by atoms with Gasteiger partial charge >= 0.3 is 0 Å². The first kappa shape index (κ1) is 7.79. The zero-order chi connectivity index (χ0) is 8.77. The third-order valence-electron chi connectivity index (χ3n) is 3.52. The Morgan fingerprint density at radius 2 is 2.42 bits per heavy atom. The van der Waals surface area contributed by atoms with Crippen LogP contribution in [-0.4, -0.2) is 5.78 Å². The molecule has 0 aromatic heterocycles. The molecule has 0 aromatic rings. The molecule has 2 heteroatoms. The van der Waals surface area contributed by atoms with Gasteiger partial charge < -0.3 is 0 Å². The van der Waals surface area contributed by atoms with Gasteiger partial charge in [-0.15, -0.1) is 0 Å². The van der Waals surface area contributed by atoms with E-state index in [1.165, 1.54) is 0 Å². The van der Waals surface area contributed by atoms with Gasteiger partial charge in [-0.05, 0) is 24.7 Å². The number of carbonyl (C=O) groups is 1. The highest BCUT2D eigenvalue weighted by Gasteiger charge is 2.55. The maximum absolute atomic E-state index is 11.5. The van der Waals surface area contributed by atoms with Crippen molar-refractivity contribution < 1.29 is 4.79 Å². The van der Waals surface area contributed by atoms with Crippen molar-refractivity contribution in [1.82, 2.24) is 0 Å². The molecule has 0 bridgehead atoms. The number of Topliss-reactive ketones (excluding diaryl/α,β-unsaturated/α-hetero) is 1. The highest BCUT2D eigenvalue weighted by molar-refractivity contribution is 5.84. The fourth-order valence-corrected chi connectivity index (χ4v) is 2.89. The van der Waals surface area contributed by atoms with Crippen LogP contribution in [0.2, 0.25) is 0 Å². The second-order valence-electron chi connectivity index (χ2n) is 4.39. The van der Waals surface area contributed by atoms with Crippen molar-refractivity contribution in [3.05, 3.63) is 0 Å². The molecule has 2 nitrogen and oxygen atoms in total. The molecule has 0 aliphatic heterocycles. The van der Waals surface area contributed by atoms with Crippen LogP contribution < -0.4 is 0 Å². The summed E-state index contributed by atoms with van der Waals surface area (Å²) in [4.78, 5) is 11.5. The second kappa shape index (κ2) is 2.32. The van der Waals surface area contributed by atoms with E-state index in [0.717, 1.165) is 19.3 Å². The van der Waals surface area contributed by atoms with E-state index in [0.29, 0.717) is 12.2 Å². The molecule has 0 amide bonds. The van der Waals surface area contributed by atoms with Crippen LogP contribution in [0.5, 0.6) is 0 Å². The van der Waals surface area contributed by atoms with Gasteiger partial charge in [0, 0.05) is 12.3 Å². The fourth-order valence-electron chi connectivity index (χ4n) is 2.89. The van der Waals surface area contributed by atoms with Gasteiger partial charge in [-0.25, -0.2) is 0 Å². The highest BCUT2D eigenvalue weighted by Crippen LogP contribution is 2.56. The second-order valence-corrected chi connectivity index (χ2v) is 4.39. The first-order valence-corrected chi connectivity index (χ1v) is 4.60. The SMILES string of the molecule is C[C@@]12CCCC(=O)[C@@H]1[C@@H](C#N)C2. The van der Waals surface area contributed by atoms with Gasteiger partial charge in [0.1, 0.15) is 5.78 Å². The maximum atomic E-state index is 11.5. The molecule has 2 fully saturated rings. The topological polar surface area (TPSA) is 40.9 Å². The van der Waals surface area contributed by atoms with Crippen LogP contribution in [0, 0.1) is 28.6 Å². The Morgan fingerprint density at radius 3 is 3.00 bits per heavy atom. The van der Waals surface area contributed by atoms with E-state index < -0.39 is 0 Å². The van der Waals surface area contributed by atoms with E-state index in [1.807, 2.05) is 0 Å². The molecule has 0 N–H and O–H groups in total. The van der Waals surface area contributed by atoms with Crippen molar-refractivity contribution in [2.75, 3.05) is 0 Å². The zero-order valence-electron chi connectivity index (χ0n) is 7.34. The Hall–Kier alpha value is -0.840. The third kappa shape index (κ3) is 0.827.